The zero-order valence-corrected chi connectivity index (χ0v) is 13.3. The van der Waals surface area contributed by atoms with E-state index >= 15 is 0 Å². The van der Waals surface area contributed by atoms with Crippen LogP contribution in [0.25, 0.3) is 0 Å². The Morgan fingerprint density at radius 3 is 2.95 bits per heavy atom. The van der Waals surface area contributed by atoms with E-state index in [0.29, 0.717) is 37.3 Å². The molecule has 5 heteroatoms. The highest BCUT2D eigenvalue weighted by Gasteiger charge is 2.06. The molecule has 1 aromatic rings. The number of benzene rings is 1. The molecule has 1 unspecified atom stereocenters. The highest BCUT2D eigenvalue weighted by atomic mass is 79.9. The number of carbonyl (C=O) groups excluding carboxylic acids is 1. The zero-order valence-electron chi connectivity index (χ0n) is 11.0. The highest BCUT2D eigenvalue weighted by Crippen LogP contribution is 2.22. The number of aliphatic hydroxyl groups is 1. The van der Waals surface area contributed by atoms with Gasteiger partial charge in [-0.05, 0) is 43.0 Å². The molecule has 0 heterocycles. The third-order valence-electron chi connectivity index (χ3n) is 2.90. The molecule has 0 fully saturated rings. The molecule has 1 atom stereocenters. The highest BCUT2D eigenvalue weighted by molar-refractivity contribution is 9.10. The number of hydrogen-bond acceptors (Lipinski definition) is 2. The Labute approximate surface area is 127 Å². The monoisotopic (exact) mass is 347 g/mol. The van der Waals surface area contributed by atoms with Gasteiger partial charge >= 0.3 is 0 Å². The number of hydrogen-bond donors (Lipinski definition) is 2. The second kappa shape index (κ2) is 8.56. The van der Waals surface area contributed by atoms with Gasteiger partial charge in [-0.3, -0.25) is 4.79 Å². The zero-order chi connectivity index (χ0) is 14.3. The SMILES string of the molecule is CCC(O)CCNC(=O)CCc1cc(Cl)ccc1Br. The molecule has 0 radical (unpaired) electrons. The molecule has 0 aliphatic heterocycles. The average Bonchev–Trinajstić information content (AvgIpc) is 2.39. The van der Waals surface area contributed by atoms with Crippen LogP contribution in [0, 0.1) is 0 Å². The number of halogens is 2. The summed E-state index contributed by atoms with van der Waals surface area (Å²) in [5.74, 6) is -0.00446. The van der Waals surface area contributed by atoms with Crippen LogP contribution in [-0.4, -0.2) is 23.7 Å². The fourth-order valence-electron chi connectivity index (χ4n) is 1.65. The van der Waals surface area contributed by atoms with Crippen LogP contribution in [-0.2, 0) is 11.2 Å². The lowest BCUT2D eigenvalue weighted by Gasteiger charge is -2.09. The first-order chi connectivity index (χ1) is 9.02. The van der Waals surface area contributed by atoms with E-state index in [1.165, 1.54) is 0 Å². The number of aryl methyl sites for hydroxylation is 1. The number of nitrogens with one attached hydrogen (secondary N) is 1. The minimum absolute atomic E-state index is 0.00446. The van der Waals surface area contributed by atoms with Gasteiger partial charge in [0.25, 0.3) is 0 Å². The van der Waals surface area contributed by atoms with Gasteiger partial charge in [-0.1, -0.05) is 34.5 Å². The lowest BCUT2D eigenvalue weighted by Crippen LogP contribution is -2.27. The van der Waals surface area contributed by atoms with Gasteiger partial charge in [0, 0.05) is 22.5 Å². The first-order valence-corrected chi connectivity index (χ1v) is 7.58. The van der Waals surface area contributed by atoms with Crippen LogP contribution in [0.15, 0.2) is 22.7 Å². The third kappa shape index (κ3) is 6.41. The Hall–Kier alpha value is -0.580. The Balaban J connectivity index is 2.32. The van der Waals surface area contributed by atoms with Crippen molar-refractivity contribution in [1.29, 1.82) is 0 Å². The van der Waals surface area contributed by atoms with Crippen LogP contribution >= 0.6 is 27.5 Å². The standard InChI is InChI=1S/C14H19BrClNO2/c1-2-12(18)7-8-17-14(19)6-3-10-9-11(16)4-5-13(10)15/h4-5,9,12,18H,2-3,6-8H2,1H3,(H,17,19). The molecule has 106 valence electrons. The summed E-state index contributed by atoms with van der Waals surface area (Å²) in [5, 5.41) is 12.8. The summed E-state index contributed by atoms with van der Waals surface area (Å²) in [4.78, 5) is 11.6. The largest absolute Gasteiger partial charge is 0.393 e. The number of aliphatic hydroxyl groups excluding tert-OH is 1. The summed E-state index contributed by atoms with van der Waals surface area (Å²) in [6, 6.07) is 5.55. The van der Waals surface area contributed by atoms with E-state index in [0.717, 1.165) is 10.0 Å². The van der Waals surface area contributed by atoms with E-state index in [2.05, 4.69) is 21.2 Å². The molecule has 1 amide bonds. The Morgan fingerprint density at radius 2 is 2.26 bits per heavy atom. The third-order valence-corrected chi connectivity index (χ3v) is 3.91. The fourth-order valence-corrected chi connectivity index (χ4v) is 2.29. The van der Waals surface area contributed by atoms with Crippen LogP contribution < -0.4 is 5.32 Å². The van der Waals surface area contributed by atoms with Gasteiger partial charge in [0.2, 0.25) is 5.91 Å². The number of rotatable bonds is 7. The van der Waals surface area contributed by atoms with E-state index in [-0.39, 0.29) is 12.0 Å². The van der Waals surface area contributed by atoms with Crippen molar-refractivity contribution >= 4 is 33.4 Å². The van der Waals surface area contributed by atoms with Gasteiger partial charge in [0.05, 0.1) is 6.10 Å². The molecule has 2 N–H and O–H groups in total. The van der Waals surface area contributed by atoms with Crippen molar-refractivity contribution in [3.8, 4) is 0 Å². The maximum Gasteiger partial charge on any atom is 0.220 e. The maximum atomic E-state index is 11.6. The number of amides is 1. The normalized spacial score (nSPS) is 12.2. The summed E-state index contributed by atoms with van der Waals surface area (Å²) in [6.45, 7) is 2.44. The second-order valence-electron chi connectivity index (χ2n) is 4.44. The lowest BCUT2D eigenvalue weighted by molar-refractivity contribution is -0.121. The molecule has 0 spiro atoms. The maximum absolute atomic E-state index is 11.6. The van der Waals surface area contributed by atoms with E-state index in [4.69, 9.17) is 11.6 Å². The van der Waals surface area contributed by atoms with E-state index in [1.54, 1.807) is 6.07 Å². The molecule has 0 aromatic heterocycles. The molecule has 1 aromatic carbocycles. The molecule has 19 heavy (non-hydrogen) atoms. The lowest BCUT2D eigenvalue weighted by atomic mass is 10.1. The molecule has 0 aliphatic rings. The first kappa shape index (κ1) is 16.5. The summed E-state index contributed by atoms with van der Waals surface area (Å²) >= 11 is 9.36. The van der Waals surface area contributed by atoms with E-state index in [9.17, 15) is 9.90 Å². The fraction of sp³-hybridized carbons (Fsp3) is 0.500. The predicted molar refractivity (Wildman–Crippen MR) is 81.4 cm³/mol. The Bertz CT molecular complexity index is 426. The van der Waals surface area contributed by atoms with Gasteiger partial charge < -0.3 is 10.4 Å². The van der Waals surface area contributed by atoms with Gasteiger partial charge in [0.1, 0.15) is 0 Å². The molecule has 0 saturated heterocycles. The second-order valence-corrected chi connectivity index (χ2v) is 5.73. The molecule has 0 saturated carbocycles. The van der Waals surface area contributed by atoms with Crippen molar-refractivity contribution < 1.29 is 9.90 Å². The van der Waals surface area contributed by atoms with Crippen molar-refractivity contribution in [1.82, 2.24) is 5.32 Å². The molecular formula is C14H19BrClNO2. The van der Waals surface area contributed by atoms with Crippen LogP contribution in [0.2, 0.25) is 5.02 Å². The quantitative estimate of drug-likeness (QED) is 0.794. The summed E-state index contributed by atoms with van der Waals surface area (Å²) in [5.41, 5.74) is 1.02. The molecule has 0 aliphatic carbocycles. The minimum atomic E-state index is -0.331. The van der Waals surface area contributed by atoms with Crippen molar-refractivity contribution in [2.24, 2.45) is 0 Å². The predicted octanol–water partition coefficient (Wildman–Crippen LogP) is 3.31. The summed E-state index contributed by atoms with van der Waals surface area (Å²) < 4.78 is 0.964. The van der Waals surface area contributed by atoms with Gasteiger partial charge in [-0.2, -0.15) is 0 Å². The molecule has 1 rings (SSSR count). The van der Waals surface area contributed by atoms with Crippen molar-refractivity contribution in [3.05, 3.63) is 33.3 Å². The van der Waals surface area contributed by atoms with Crippen LogP contribution in [0.4, 0.5) is 0 Å². The van der Waals surface area contributed by atoms with Crippen LogP contribution in [0.1, 0.15) is 31.7 Å². The van der Waals surface area contributed by atoms with Gasteiger partial charge in [-0.15, -0.1) is 0 Å². The van der Waals surface area contributed by atoms with Crippen molar-refractivity contribution in [3.63, 3.8) is 0 Å². The van der Waals surface area contributed by atoms with Gasteiger partial charge in [-0.25, -0.2) is 0 Å². The van der Waals surface area contributed by atoms with Crippen molar-refractivity contribution in [2.45, 2.75) is 38.7 Å². The Kier molecular flexibility index (Phi) is 7.42. The van der Waals surface area contributed by atoms with E-state index in [1.807, 2.05) is 19.1 Å². The van der Waals surface area contributed by atoms with Crippen LogP contribution in [0.5, 0.6) is 0 Å². The Morgan fingerprint density at radius 1 is 1.53 bits per heavy atom. The topological polar surface area (TPSA) is 49.3 Å². The molecule has 0 bridgehead atoms. The van der Waals surface area contributed by atoms with Crippen LogP contribution in [0.3, 0.4) is 0 Å². The molecular weight excluding hydrogens is 330 g/mol. The smallest absolute Gasteiger partial charge is 0.220 e. The summed E-state index contributed by atoms with van der Waals surface area (Å²) in [7, 11) is 0. The van der Waals surface area contributed by atoms with Crippen molar-refractivity contribution in [2.75, 3.05) is 6.54 Å². The van der Waals surface area contributed by atoms with Gasteiger partial charge in [0.15, 0.2) is 0 Å². The molecule has 3 nitrogen and oxygen atoms in total. The van der Waals surface area contributed by atoms with E-state index < -0.39 is 0 Å². The number of carbonyl (C=O) groups is 1. The average molecular weight is 349 g/mol. The summed E-state index contributed by atoms with van der Waals surface area (Å²) in [6.07, 6.45) is 2.04. The minimum Gasteiger partial charge on any atom is -0.393 e. The first-order valence-electron chi connectivity index (χ1n) is 6.41.